The van der Waals surface area contributed by atoms with Gasteiger partial charge in [0.05, 0.1) is 24.4 Å². The van der Waals surface area contributed by atoms with Crippen LogP contribution in [0, 0.1) is 19.7 Å². The number of nitrogens with zero attached hydrogens (tertiary/aromatic N) is 3. The van der Waals surface area contributed by atoms with Crippen LogP contribution in [-0.2, 0) is 11.2 Å². The molecule has 0 saturated carbocycles. The lowest BCUT2D eigenvalue weighted by Crippen LogP contribution is -2.54. The highest BCUT2D eigenvalue weighted by Crippen LogP contribution is 2.39. The number of rotatable bonds is 5. The second-order valence-electron chi connectivity index (χ2n) is 9.18. The van der Waals surface area contributed by atoms with Crippen molar-refractivity contribution in [3.8, 4) is 11.3 Å². The fourth-order valence-electron chi connectivity index (χ4n) is 4.98. The van der Waals surface area contributed by atoms with Crippen LogP contribution in [0.25, 0.3) is 22.2 Å². The van der Waals surface area contributed by atoms with Gasteiger partial charge in [-0.05, 0) is 56.4 Å². The lowest BCUT2D eigenvalue weighted by molar-refractivity contribution is 0.172. The van der Waals surface area contributed by atoms with Crippen molar-refractivity contribution in [3.63, 3.8) is 0 Å². The number of halogens is 2. The van der Waals surface area contributed by atoms with Gasteiger partial charge in [0.1, 0.15) is 23.3 Å². The SMILES string of the molecule is CCc1cc(F)c2nc(N3CC[C@@H](N[C@@H]4CCOC4)[C@@H](F)C3)c(-c3cc(C)no3)c(C)c2c1. The minimum Gasteiger partial charge on any atom is -0.380 e. The van der Waals surface area contributed by atoms with E-state index in [2.05, 4.69) is 10.5 Å². The van der Waals surface area contributed by atoms with E-state index < -0.39 is 6.17 Å². The molecule has 2 aliphatic rings. The number of ether oxygens (including phenoxy) is 1. The predicted octanol–water partition coefficient (Wildman–Crippen LogP) is 4.50. The number of nitrogens with one attached hydrogen (secondary N) is 1. The van der Waals surface area contributed by atoms with Crippen molar-refractivity contribution in [2.24, 2.45) is 0 Å². The zero-order valence-electron chi connectivity index (χ0n) is 19.3. The summed E-state index contributed by atoms with van der Waals surface area (Å²) in [5.41, 5.74) is 3.56. The number of benzene rings is 1. The van der Waals surface area contributed by atoms with E-state index in [0.29, 0.717) is 36.7 Å². The minimum atomic E-state index is -1.08. The Morgan fingerprint density at radius 2 is 2.06 bits per heavy atom. The molecule has 2 aliphatic heterocycles. The highest BCUT2D eigenvalue weighted by molar-refractivity contribution is 5.93. The van der Waals surface area contributed by atoms with Gasteiger partial charge in [-0.1, -0.05) is 12.1 Å². The summed E-state index contributed by atoms with van der Waals surface area (Å²) in [4.78, 5) is 6.66. The van der Waals surface area contributed by atoms with Crippen molar-refractivity contribution >= 4 is 16.7 Å². The maximum atomic E-state index is 15.3. The molecule has 0 unspecified atom stereocenters. The Morgan fingerprint density at radius 1 is 1.21 bits per heavy atom. The summed E-state index contributed by atoms with van der Waals surface area (Å²) < 4.78 is 41.4. The van der Waals surface area contributed by atoms with Crippen molar-refractivity contribution in [1.82, 2.24) is 15.5 Å². The molecule has 3 atom stereocenters. The number of aromatic nitrogens is 2. The van der Waals surface area contributed by atoms with Gasteiger partial charge < -0.3 is 19.5 Å². The first-order valence-corrected chi connectivity index (χ1v) is 11.7. The molecule has 4 heterocycles. The lowest BCUT2D eigenvalue weighted by atomic mass is 9.96. The van der Waals surface area contributed by atoms with Crippen LogP contribution in [0.3, 0.4) is 0 Å². The van der Waals surface area contributed by atoms with E-state index in [0.717, 1.165) is 47.2 Å². The quantitative estimate of drug-likeness (QED) is 0.610. The van der Waals surface area contributed by atoms with Crippen LogP contribution >= 0.6 is 0 Å². The summed E-state index contributed by atoms with van der Waals surface area (Å²) in [6, 6.07) is 5.34. The van der Waals surface area contributed by atoms with Gasteiger partial charge in [-0.25, -0.2) is 13.8 Å². The maximum Gasteiger partial charge on any atom is 0.171 e. The highest BCUT2D eigenvalue weighted by atomic mass is 19.1. The Bertz CT molecular complexity index is 1160. The summed E-state index contributed by atoms with van der Waals surface area (Å²) in [5, 5.41) is 8.21. The normalized spacial score (nSPS) is 23.5. The molecular weight excluding hydrogens is 426 g/mol. The molecular formula is C25H30F2N4O2. The fraction of sp³-hybridized carbons (Fsp3) is 0.520. The standard InChI is InChI=1S/C25H30F2N4O2/c1-4-16-10-18-15(3)23(22-9-14(2)30-33-22)25(29-24(18)19(26)11-16)31-7-5-21(20(27)12-31)28-17-6-8-32-13-17/h9-11,17,20-21,28H,4-8,12-13H2,1-3H3/t17-,20+,21-/m1/s1. The number of hydrogen-bond donors (Lipinski definition) is 1. The van der Waals surface area contributed by atoms with E-state index in [9.17, 15) is 0 Å². The smallest absolute Gasteiger partial charge is 0.171 e. The van der Waals surface area contributed by atoms with Crippen molar-refractivity contribution in [1.29, 1.82) is 0 Å². The number of alkyl halides is 1. The Kier molecular flexibility index (Phi) is 6.05. The third kappa shape index (κ3) is 4.22. The average Bonchev–Trinajstić information content (AvgIpc) is 3.47. The van der Waals surface area contributed by atoms with Crippen LogP contribution < -0.4 is 10.2 Å². The molecule has 0 aliphatic carbocycles. The van der Waals surface area contributed by atoms with Crippen LogP contribution in [0.2, 0.25) is 0 Å². The molecule has 1 N–H and O–H groups in total. The van der Waals surface area contributed by atoms with Crippen LogP contribution in [0.15, 0.2) is 22.7 Å². The van der Waals surface area contributed by atoms with Gasteiger partial charge in [-0.15, -0.1) is 0 Å². The number of pyridine rings is 1. The van der Waals surface area contributed by atoms with Crippen molar-refractivity contribution < 1.29 is 18.0 Å². The first-order chi connectivity index (χ1) is 15.9. The Balaban J connectivity index is 1.55. The Hall–Kier alpha value is -2.58. The van der Waals surface area contributed by atoms with E-state index in [1.807, 2.05) is 37.8 Å². The topological polar surface area (TPSA) is 63.4 Å². The molecule has 0 radical (unpaired) electrons. The number of anilines is 1. The van der Waals surface area contributed by atoms with Gasteiger partial charge in [0.2, 0.25) is 0 Å². The highest BCUT2D eigenvalue weighted by Gasteiger charge is 2.34. The lowest BCUT2D eigenvalue weighted by Gasteiger charge is -2.37. The molecule has 33 heavy (non-hydrogen) atoms. The molecule has 0 spiro atoms. The van der Waals surface area contributed by atoms with Gasteiger partial charge in [-0.3, -0.25) is 0 Å². The second kappa shape index (κ2) is 8.99. The largest absolute Gasteiger partial charge is 0.380 e. The van der Waals surface area contributed by atoms with Crippen LogP contribution in [0.4, 0.5) is 14.6 Å². The van der Waals surface area contributed by atoms with Crippen molar-refractivity contribution in [2.75, 3.05) is 31.2 Å². The van der Waals surface area contributed by atoms with Crippen LogP contribution in [-0.4, -0.2) is 54.7 Å². The molecule has 2 aromatic heterocycles. The number of aryl methyl sites for hydroxylation is 3. The monoisotopic (exact) mass is 456 g/mol. The fourth-order valence-corrected chi connectivity index (χ4v) is 4.98. The summed E-state index contributed by atoms with van der Waals surface area (Å²) >= 11 is 0. The molecule has 2 fully saturated rings. The molecule has 8 heteroatoms. The number of fused-ring (bicyclic) bond motifs is 1. The minimum absolute atomic E-state index is 0.179. The first kappa shape index (κ1) is 22.2. The molecule has 0 amide bonds. The van der Waals surface area contributed by atoms with Gasteiger partial charge in [0.15, 0.2) is 5.76 Å². The van der Waals surface area contributed by atoms with E-state index in [-0.39, 0.29) is 24.4 Å². The van der Waals surface area contributed by atoms with E-state index >= 15 is 8.78 Å². The second-order valence-corrected chi connectivity index (χ2v) is 9.18. The van der Waals surface area contributed by atoms with Crippen LogP contribution in [0.1, 0.15) is 36.6 Å². The summed E-state index contributed by atoms with van der Waals surface area (Å²) in [6.07, 6.45) is 1.18. The predicted molar refractivity (Wildman–Crippen MR) is 124 cm³/mol. The van der Waals surface area contributed by atoms with Crippen molar-refractivity contribution in [3.05, 3.63) is 40.8 Å². The summed E-state index contributed by atoms with van der Waals surface area (Å²) in [7, 11) is 0. The molecule has 6 nitrogen and oxygen atoms in total. The van der Waals surface area contributed by atoms with Gasteiger partial charge in [0, 0.05) is 36.7 Å². The number of piperidine rings is 1. The van der Waals surface area contributed by atoms with Gasteiger partial charge >= 0.3 is 0 Å². The molecule has 5 rings (SSSR count). The molecule has 0 bridgehead atoms. The van der Waals surface area contributed by atoms with Crippen molar-refractivity contribution in [2.45, 2.75) is 58.3 Å². The average molecular weight is 457 g/mol. The summed E-state index contributed by atoms with van der Waals surface area (Å²) in [6.45, 7) is 7.94. The van der Waals surface area contributed by atoms with E-state index in [1.54, 1.807) is 0 Å². The zero-order valence-corrected chi connectivity index (χ0v) is 19.3. The molecule has 1 aromatic carbocycles. The first-order valence-electron chi connectivity index (χ1n) is 11.7. The molecule has 3 aromatic rings. The third-order valence-corrected chi connectivity index (χ3v) is 6.85. The van der Waals surface area contributed by atoms with E-state index in [1.165, 1.54) is 6.07 Å². The maximum absolute atomic E-state index is 15.3. The van der Waals surface area contributed by atoms with E-state index in [4.69, 9.17) is 14.2 Å². The van der Waals surface area contributed by atoms with Gasteiger partial charge in [-0.2, -0.15) is 0 Å². The zero-order chi connectivity index (χ0) is 23.1. The Morgan fingerprint density at radius 3 is 2.73 bits per heavy atom. The van der Waals surface area contributed by atoms with Crippen LogP contribution in [0.5, 0.6) is 0 Å². The molecule has 176 valence electrons. The van der Waals surface area contributed by atoms with Gasteiger partial charge in [0.25, 0.3) is 0 Å². The number of hydrogen-bond acceptors (Lipinski definition) is 6. The molecule has 2 saturated heterocycles. The Labute approximate surface area is 192 Å². The third-order valence-electron chi connectivity index (χ3n) is 6.85. The summed E-state index contributed by atoms with van der Waals surface area (Å²) in [5.74, 6) is 0.753.